The van der Waals surface area contributed by atoms with E-state index in [0.29, 0.717) is 19.3 Å². The molecule has 2 aliphatic carbocycles. The van der Waals surface area contributed by atoms with Crippen molar-refractivity contribution in [2.45, 2.75) is 83.7 Å². The van der Waals surface area contributed by atoms with Gasteiger partial charge in [0.15, 0.2) is 0 Å². The van der Waals surface area contributed by atoms with Crippen molar-refractivity contribution in [3.05, 3.63) is 23.8 Å². The van der Waals surface area contributed by atoms with Crippen LogP contribution in [0.3, 0.4) is 0 Å². The second-order valence-electron chi connectivity index (χ2n) is 9.24. The van der Waals surface area contributed by atoms with E-state index in [1.165, 1.54) is 0 Å². The first-order chi connectivity index (χ1) is 15.5. The number of aliphatic hydroxyl groups excluding tert-OH is 2. The van der Waals surface area contributed by atoms with Gasteiger partial charge in [-0.2, -0.15) is 0 Å². The molecule has 0 radical (unpaired) electrons. The molecule has 9 nitrogen and oxygen atoms in total. The summed E-state index contributed by atoms with van der Waals surface area (Å²) in [6.07, 6.45) is 2.33. The van der Waals surface area contributed by atoms with Crippen LogP contribution in [-0.2, 0) is 19.1 Å². The summed E-state index contributed by atoms with van der Waals surface area (Å²) in [4.78, 5) is 34.4. The van der Waals surface area contributed by atoms with E-state index in [-0.39, 0.29) is 104 Å². The molecule has 0 heterocycles. The van der Waals surface area contributed by atoms with Crippen molar-refractivity contribution in [2.75, 3.05) is 0 Å². The van der Waals surface area contributed by atoms with Gasteiger partial charge in [0.2, 0.25) is 0 Å². The second kappa shape index (κ2) is 16.5. The number of esters is 1. The van der Waals surface area contributed by atoms with E-state index < -0.39 is 43.0 Å². The van der Waals surface area contributed by atoms with Crippen molar-refractivity contribution in [1.82, 2.24) is 0 Å². The number of hydrogen-bond donors (Lipinski definition) is 4. The van der Waals surface area contributed by atoms with Gasteiger partial charge in [-0.05, 0) is 49.2 Å². The molecule has 4 N–H and O–H groups in total. The van der Waals surface area contributed by atoms with E-state index in [4.69, 9.17) is 19.7 Å². The Morgan fingerprint density at radius 1 is 1.14 bits per heavy atom. The van der Waals surface area contributed by atoms with E-state index in [2.05, 4.69) is 0 Å². The minimum atomic E-state index is -1.39. The Balaban J connectivity index is -0.00000289. The number of aliphatic hydroxyl groups is 2. The van der Waals surface area contributed by atoms with Crippen LogP contribution in [0.5, 0.6) is 0 Å². The van der Waals surface area contributed by atoms with E-state index in [1.54, 1.807) is 13.0 Å². The molecule has 0 aromatic rings. The number of carbonyl (C=O) groups is 3. The fourth-order valence-electron chi connectivity index (χ4n) is 4.72. The number of ether oxygens (including phenoxy) is 2. The van der Waals surface area contributed by atoms with E-state index >= 15 is 0 Å². The third-order valence-corrected chi connectivity index (χ3v) is 6.68. The third-order valence-electron chi connectivity index (χ3n) is 6.68. The summed E-state index contributed by atoms with van der Waals surface area (Å²) in [5.41, 5.74) is 0.845. The molecule has 0 unspecified atom stereocenters. The maximum absolute atomic E-state index is 12.6. The molecule has 190 valence electrons. The van der Waals surface area contributed by atoms with Crippen LogP contribution in [0.25, 0.3) is 0 Å². The molecule has 0 aliphatic heterocycles. The van der Waals surface area contributed by atoms with Crippen LogP contribution in [0.4, 0.5) is 4.79 Å². The average Bonchev–Trinajstić information content (AvgIpc) is 2.71. The fourth-order valence-corrected chi connectivity index (χ4v) is 4.72. The topological polar surface area (TPSA) is 151 Å². The third kappa shape index (κ3) is 10.9. The number of carboxylic acids is 1. The van der Waals surface area contributed by atoms with Gasteiger partial charge in [-0.25, -0.2) is 4.79 Å². The first-order valence-corrected chi connectivity index (χ1v) is 11.6. The standard InChI is InChI=1S/C24H36O9.2Na.2H/c1-4-13(2)23(29)33-20-12-18(32-24(30)31)9-15-6-5-14(3)19(22(15)20)8-7-16(25)10-17(26)11-21(27)28;;;;/h5-6,9,13-14,16-20,22,25-26H,4,7-8,10-12H2,1-3H3,(H,27,28)(H,30,31);;;;/q;2*+1;2*-1/t13-,14-,16+,17+,18+,19-,20-,22-;;;;/m0..../s1. The van der Waals surface area contributed by atoms with Crippen molar-refractivity contribution in [3.8, 4) is 0 Å². The number of rotatable bonds is 11. The zero-order chi connectivity index (χ0) is 24.7. The minimum absolute atomic E-state index is 0. The number of fused-ring (bicyclic) bond motifs is 1. The zero-order valence-electron chi connectivity index (χ0n) is 23.4. The Kier molecular flexibility index (Phi) is 16.3. The number of carboxylic acid groups (broad SMARTS) is 2. The monoisotopic (exact) mass is 516 g/mol. The molecule has 0 aromatic carbocycles. The molecule has 0 fully saturated rings. The normalized spacial score (nSPS) is 27.6. The maximum atomic E-state index is 12.6. The fraction of sp³-hybridized carbons (Fsp3) is 0.708. The van der Waals surface area contributed by atoms with Crippen LogP contribution in [0.1, 0.15) is 62.1 Å². The number of allylic oxidation sites excluding steroid dienone is 2. The summed E-state index contributed by atoms with van der Waals surface area (Å²) in [7, 11) is 0. The van der Waals surface area contributed by atoms with Gasteiger partial charge in [0.25, 0.3) is 0 Å². The number of hydrogen-bond acceptors (Lipinski definition) is 7. The molecule has 11 heteroatoms. The van der Waals surface area contributed by atoms with E-state index in [0.717, 1.165) is 5.57 Å². The molecule has 0 bridgehead atoms. The summed E-state index contributed by atoms with van der Waals surface area (Å²) in [5.74, 6) is -1.80. The molecule has 0 saturated heterocycles. The van der Waals surface area contributed by atoms with E-state index in [1.807, 2.05) is 26.0 Å². The van der Waals surface area contributed by atoms with Gasteiger partial charge in [-0.3, -0.25) is 9.59 Å². The van der Waals surface area contributed by atoms with Crippen LogP contribution in [-0.4, -0.2) is 62.9 Å². The molecule has 0 aromatic heterocycles. The smallest absolute Gasteiger partial charge is 1.00 e. The number of aliphatic carboxylic acids is 1. The SMILES string of the molecule is CC[C@H](C)C(=O)O[C@H]1C[C@H](OC(=O)O)C=C2C=C[C@H](C)[C@H](CC[C@@H](O)C[C@@H](O)CC(=O)O)[C@H]21.[H-].[H-].[Na+].[Na+]. The van der Waals surface area contributed by atoms with Gasteiger partial charge in [0.1, 0.15) is 12.2 Å². The van der Waals surface area contributed by atoms with Gasteiger partial charge in [-0.15, -0.1) is 0 Å². The Hall–Kier alpha value is -0.390. The molecule has 0 amide bonds. The van der Waals surface area contributed by atoms with Crippen molar-refractivity contribution in [2.24, 2.45) is 23.7 Å². The van der Waals surface area contributed by atoms with Crippen LogP contribution in [0.2, 0.25) is 0 Å². The predicted octanol–water partition coefficient (Wildman–Crippen LogP) is -2.62. The average molecular weight is 517 g/mol. The second-order valence-corrected chi connectivity index (χ2v) is 9.24. The summed E-state index contributed by atoms with van der Waals surface area (Å²) >= 11 is 0. The maximum Gasteiger partial charge on any atom is 1.00 e. The van der Waals surface area contributed by atoms with Gasteiger partial charge in [0, 0.05) is 12.3 Å². The van der Waals surface area contributed by atoms with Crippen LogP contribution >= 0.6 is 0 Å². The molecule has 0 saturated carbocycles. The van der Waals surface area contributed by atoms with Crippen LogP contribution in [0, 0.1) is 23.7 Å². The molecular weight excluding hydrogens is 478 g/mol. The van der Waals surface area contributed by atoms with Gasteiger partial charge >= 0.3 is 77.2 Å². The molecule has 2 rings (SSSR count). The molecule has 0 spiro atoms. The quantitative estimate of drug-likeness (QED) is 0.171. The molecule has 35 heavy (non-hydrogen) atoms. The van der Waals surface area contributed by atoms with Crippen molar-refractivity contribution in [3.63, 3.8) is 0 Å². The molecule has 8 atom stereocenters. The first kappa shape index (κ1) is 34.6. The number of carbonyl (C=O) groups excluding carboxylic acids is 1. The van der Waals surface area contributed by atoms with Crippen LogP contribution < -0.4 is 59.1 Å². The summed E-state index contributed by atoms with van der Waals surface area (Å²) in [5, 5.41) is 38.0. The van der Waals surface area contributed by atoms with Crippen molar-refractivity contribution in [1.29, 1.82) is 0 Å². The minimum Gasteiger partial charge on any atom is -1.00 e. The summed E-state index contributed by atoms with van der Waals surface area (Å²) < 4.78 is 10.8. The van der Waals surface area contributed by atoms with Crippen molar-refractivity contribution >= 4 is 18.1 Å². The Labute approximate surface area is 253 Å². The molecule has 2 aliphatic rings. The Bertz CT molecular complexity index is 781. The van der Waals surface area contributed by atoms with Gasteiger partial charge in [-0.1, -0.05) is 32.9 Å². The summed E-state index contributed by atoms with van der Waals surface area (Å²) in [6.45, 7) is 5.71. The first-order valence-electron chi connectivity index (χ1n) is 11.6. The Morgan fingerprint density at radius 2 is 1.80 bits per heavy atom. The van der Waals surface area contributed by atoms with Gasteiger partial charge in [0.05, 0.1) is 24.5 Å². The zero-order valence-corrected chi connectivity index (χ0v) is 25.4. The largest absolute Gasteiger partial charge is 1.00 e. The van der Waals surface area contributed by atoms with E-state index in [9.17, 15) is 24.6 Å². The Morgan fingerprint density at radius 3 is 2.37 bits per heavy atom. The van der Waals surface area contributed by atoms with Crippen LogP contribution in [0.15, 0.2) is 23.8 Å². The van der Waals surface area contributed by atoms with Crippen molar-refractivity contribution < 1.29 is 106 Å². The molecular formula is C24H38Na2O9. The predicted molar refractivity (Wildman–Crippen MR) is 121 cm³/mol. The van der Waals surface area contributed by atoms with Gasteiger partial charge < -0.3 is 32.8 Å². The summed E-state index contributed by atoms with van der Waals surface area (Å²) in [6, 6.07) is 0.